The Kier molecular flexibility index (Phi) is 6.22. The Morgan fingerprint density at radius 3 is 2.44 bits per heavy atom. The average molecular weight is 391 g/mol. The third-order valence-corrected chi connectivity index (χ3v) is 5.08. The molecule has 0 aromatic heterocycles. The van der Waals surface area contributed by atoms with Crippen molar-refractivity contribution in [2.24, 2.45) is 0 Å². The quantitative estimate of drug-likeness (QED) is 0.763. The lowest BCUT2D eigenvalue weighted by Gasteiger charge is -2.38. The van der Waals surface area contributed by atoms with E-state index in [0.717, 1.165) is 18.8 Å². The molecule has 0 saturated carbocycles. The van der Waals surface area contributed by atoms with Crippen LogP contribution in [0, 0.1) is 12.7 Å². The monoisotopic (exact) mass is 390 g/mol. The van der Waals surface area contributed by atoms with Gasteiger partial charge in [-0.15, -0.1) is 0 Å². The molecule has 1 heterocycles. The van der Waals surface area contributed by atoms with Crippen molar-refractivity contribution < 1.29 is 13.9 Å². The summed E-state index contributed by atoms with van der Waals surface area (Å²) < 4.78 is 18.8. The molecule has 3 rings (SSSR count). The molecule has 0 radical (unpaired) electrons. The predicted molar refractivity (Wildman–Crippen MR) is 106 cm³/mol. The van der Waals surface area contributed by atoms with Crippen LogP contribution in [0.3, 0.4) is 0 Å². The molecule has 1 aliphatic heterocycles. The molecule has 4 nitrogen and oxygen atoms in total. The highest BCUT2D eigenvalue weighted by Gasteiger charge is 2.28. The first-order valence-electron chi connectivity index (χ1n) is 9.20. The molecule has 2 aromatic carbocycles. The van der Waals surface area contributed by atoms with E-state index in [4.69, 9.17) is 16.3 Å². The molecule has 1 atom stereocenters. The second-order valence-corrected chi connectivity index (χ2v) is 7.15. The maximum Gasteiger partial charge on any atom is 0.263 e. The Morgan fingerprint density at radius 1 is 1.15 bits per heavy atom. The van der Waals surface area contributed by atoms with Gasteiger partial charge in [-0.2, -0.15) is 0 Å². The molecule has 1 saturated heterocycles. The van der Waals surface area contributed by atoms with Crippen LogP contribution in [-0.4, -0.2) is 43.1 Å². The third-order valence-electron chi connectivity index (χ3n) is 4.84. The number of piperazine rings is 1. The maximum absolute atomic E-state index is 13.0. The molecular weight excluding hydrogens is 367 g/mol. The number of ether oxygens (including phenoxy) is 1. The van der Waals surface area contributed by atoms with Crippen molar-refractivity contribution in [1.82, 2.24) is 4.90 Å². The van der Waals surface area contributed by atoms with Gasteiger partial charge in [-0.05, 0) is 55.3 Å². The summed E-state index contributed by atoms with van der Waals surface area (Å²) in [6.45, 7) is 6.74. The number of hydrogen-bond donors (Lipinski definition) is 0. The van der Waals surface area contributed by atoms with Crippen LogP contribution in [0.2, 0.25) is 5.02 Å². The molecule has 1 aliphatic rings. The number of hydrogen-bond acceptors (Lipinski definition) is 3. The van der Waals surface area contributed by atoms with Gasteiger partial charge in [0.05, 0.1) is 0 Å². The summed E-state index contributed by atoms with van der Waals surface area (Å²) in [5.41, 5.74) is 2.29. The van der Waals surface area contributed by atoms with E-state index in [1.165, 1.54) is 17.7 Å². The number of benzene rings is 2. The van der Waals surface area contributed by atoms with Crippen molar-refractivity contribution in [3.63, 3.8) is 0 Å². The normalized spacial score (nSPS) is 15.6. The molecular formula is C21H24ClFN2O2. The first-order chi connectivity index (χ1) is 13.0. The highest BCUT2D eigenvalue weighted by molar-refractivity contribution is 6.30. The van der Waals surface area contributed by atoms with Crippen LogP contribution in [0.1, 0.15) is 18.9 Å². The summed E-state index contributed by atoms with van der Waals surface area (Å²) in [5.74, 6) is 0.156. The van der Waals surface area contributed by atoms with Crippen LogP contribution in [0.25, 0.3) is 0 Å². The summed E-state index contributed by atoms with van der Waals surface area (Å²) >= 11 is 6.13. The van der Waals surface area contributed by atoms with Gasteiger partial charge in [0.15, 0.2) is 6.10 Å². The molecule has 144 valence electrons. The second-order valence-electron chi connectivity index (χ2n) is 6.71. The Labute approximate surface area is 164 Å². The largest absolute Gasteiger partial charge is 0.481 e. The van der Waals surface area contributed by atoms with Gasteiger partial charge in [0.2, 0.25) is 0 Å². The van der Waals surface area contributed by atoms with Gasteiger partial charge in [0.25, 0.3) is 5.91 Å². The molecule has 0 bridgehead atoms. The van der Waals surface area contributed by atoms with Crippen molar-refractivity contribution in [1.29, 1.82) is 0 Å². The fourth-order valence-corrected chi connectivity index (χ4v) is 3.45. The van der Waals surface area contributed by atoms with Gasteiger partial charge in [-0.3, -0.25) is 4.79 Å². The summed E-state index contributed by atoms with van der Waals surface area (Å²) in [6.07, 6.45) is -0.000911. The first-order valence-corrected chi connectivity index (χ1v) is 9.58. The lowest BCUT2D eigenvalue weighted by molar-refractivity contribution is -0.139. The van der Waals surface area contributed by atoms with Gasteiger partial charge in [-0.25, -0.2) is 4.39 Å². The van der Waals surface area contributed by atoms with Crippen molar-refractivity contribution in [2.45, 2.75) is 26.4 Å². The van der Waals surface area contributed by atoms with Crippen molar-refractivity contribution in [3.8, 4) is 5.75 Å². The van der Waals surface area contributed by atoms with E-state index in [1.807, 2.05) is 30.0 Å². The van der Waals surface area contributed by atoms with E-state index in [9.17, 15) is 9.18 Å². The summed E-state index contributed by atoms with van der Waals surface area (Å²) in [4.78, 5) is 17.0. The zero-order chi connectivity index (χ0) is 19.4. The maximum atomic E-state index is 13.0. The summed E-state index contributed by atoms with van der Waals surface area (Å²) in [6, 6.07) is 11.6. The molecule has 1 amide bonds. The van der Waals surface area contributed by atoms with E-state index in [-0.39, 0.29) is 11.7 Å². The Hall–Kier alpha value is -2.27. The summed E-state index contributed by atoms with van der Waals surface area (Å²) in [5, 5.41) is 0.716. The number of amides is 1. The third kappa shape index (κ3) is 4.72. The highest BCUT2D eigenvalue weighted by atomic mass is 35.5. The molecule has 27 heavy (non-hydrogen) atoms. The summed E-state index contributed by atoms with van der Waals surface area (Å²) in [7, 11) is 0. The number of carbonyl (C=O) groups is 1. The fraction of sp³-hybridized carbons (Fsp3) is 0.381. The predicted octanol–water partition coefficient (Wildman–Crippen LogP) is 4.29. The van der Waals surface area contributed by atoms with Gasteiger partial charge in [0, 0.05) is 36.9 Å². The van der Waals surface area contributed by atoms with E-state index >= 15 is 0 Å². The van der Waals surface area contributed by atoms with Gasteiger partial charge in [-0.1, -0.05) is 24.6 Å². The second kappa shape index (κ2) is 8.61. The zero-order valence-corrected chi connectivity index (χ0v) is 16.4. The lowest BCUT2D eigenvalue weighted by Crippen LogP contribution is -2.52. The van der Waals surface area contributed by atoms with Crippen LogP contribution in [0.4, 0.5) is 10.1 Å². The van der Waals surface area contributed by atoms with Crippen molar-refractivity contribution in [2.75, 3.05) is 31.1 Å². The van der Waals surface area contributed by atoms with Crippen LogP contribution in [-0.2, 0) is 4.79 Å². The average Bonchev–Trinajstić information content (AvgIpc) is 2.69. The standard InChI is InChI=1S/C21H24ClFN2O2/c1-3-20(27-18-8-6-17(23)7-9-18)21(26)25-12-10-24(11-13-25)19-14-16(22)5-4-15(19)2/h4-9,14,20H,3,10-13H2,1-2H3/t20-/m1/s1. The Bertz CT molecular complexity index is 789. The van der Waals surface area contributed by atoms with Crippen LogP contribution in [0.15, 0.2) is 42.5 Å². The van der Waals surface area contributed by atoms with E-state index in [0.29, 0.717) is 30.3 Å². The minimum Gasteiger partial charge on any atom is -0.481 e. The molecule has 6 heteroatoms. The minimum absolute atomic E-state index is 0.0238. The molecule has 0 spiro atoms. The first kappa shape index (κ1) is 19.5. The topological polar surface area (TPSA) is 32.8 Å². The Morgan fingerprint density at radius 2 is 1.81 bits per heavy atom. The number of halogens is 2. The highest BCUT2D eigenvalue weighted by Crippen LogP contribution is 2.25. The van der Waals surface area contributed by atoms with Crippen LogP contribution in [0.5, 0.6) is 5.75 Å². The van der Waals surface area contributed by atoms with E-state index in [2.05, 4.69) is 11.8 Å². The number of aryl methyl sites for hydroxylation is 1. The SMILES string of the molecule is CC[C@@H](Oc1ccc(F)cc1)C(=O)N1CCN(c2cc(Cl)ccc2C)CC1. The zero-order valence-electron chi connectivity index (χ0n) is 15.6. The molecule has 1 fully saturated rings. The van der Waals surface area contributed by atoms with Crippen LogP contribution < -0.4 is 9.64 Å². The molecule has 0 unspecified atom stereocenters. The smallest absolute Gasteiger partial charge is 0.263 e. The number of nitrogens with zero attached hydrogens (tertiary/aromatic N) is 2. The fourth-order valence-electron chi connectivity index (χ4n) is 3.28. The number of carbonyl (C=O) groups excluding carboxylic acids is 1. The van der Waals surface area contributed by atoms with Gasteiger partial charge < -0.3 is 14.5 Å². The number of rotatable bonds is 5. The van der Waals surface area contributed by atoms with Gasteiger partial charge in [0.1, 0.15) is 11.6 Å². The van der Waals surface area contributed by atoms with E-state index in [1.54, 1.807) is 12.1 Å². The van der Waals surface area contributed by atoms with E-state index < -0.39 is 6.10 Å². The van der Waals surface area contributed by atoms with Gasteiger partial charge >= 0.3 is 0 Å². The van der Waals surface area contributed by atoms with Crippen LogP contribution >= 0.6 is 11.6 Å². The van der Waals surface area contributed by atoms with Crippen molar-refractivity contribution >= 4 is 23.2 Å². The molecule has 0 N–H and O–H groups in total. The Balaban J connectivity index is 1.61. The molecule has 0 aliphatic carbocycles. The van der Waals surface area contributed by atoms with Crippen molar-refractivity contribution in [3.05, 3.63) is 58.9 Å². The molecule has 2 aromatic rings. The minimum atomic E-state index is -0.560. The number of anilines is 1. The lowest BCUT2D eigenvalue weighted by atomic mass is 10.1.